The van der Waals surface area contributed by atoms with Gasteiger partial charge in [0.05, 0.1) is 16.2 Å². The van der Waals surface area contributed by atoms with Gasteiger partial charge < -0.3 is 5.73 Å². The van der Waals surface area contributed by atoms with Crippen molar-refractivity contribution < 1.29 is 14.1 Å². The Morgan fingerprint density at radius 1 is 1.60 bits per heavy atom. The van der Waals surface area contributed by atoms with E-state index in [1.54, 1.807) is 0 Å². The predicted molar refractivity (Wildman–Crippen MR) is 51.9 cm³/mol. The van der Waals surface area contributed by atoms with E-state index in [4.69, 9.17) is 5.73 Å². The molecule has 1 aromatic rings. The van der Waals surface area contributed by atoms with E-state index in [0.717, 1.165) is 12.1 Å². The molecule has 0 heterocycles. The first-order valence-electron chi connectivity index (χ1n) is 4.14. The quantitative estimate of drug-likeness (QED) is 0.466. The number of carbonyl (C=O) groups excluding carboxylic acids is 1. The highest BCUT2D eigenvalue weighted by Gasteiger charge is 2.21. The lowest BCUT2D eigenvalue weighted by Gasteiger charge is -2.04. The number of nitrogen functional groups attached to an aromatic ring is 1. The topological polar surface area (TPSA) is 86.2 Å². The average molecular weight is 212 g/mol. The number of anilines is 1. The SMILES string of the molecule is CC(=O)Cc1c([N+](=O)[O-])ccc(N)c1F. The van der Waals surface area contributed by atoms with Crippen molar-refractivity contribution in [1.29, 1.82) is 0 Å². The summed E-state index contributed by atoms with van der Waals surface area (Å²) in [5.41, 5.74) is 4.38. The molecule has 1 aromatic carbocycles. The van der Waals surface area contributed by atoms with E-state index in [-0.39, 0.29) is 23.5 Å². The molecule has 0 aliphatic carbocycles. The van der Waals surface area contributed by atoms with E-state index >= 15 is 0 Å². The molecule has 0 radical (unpaired) electrons. The second-order valence-corrected chi connectivity index (χ2v) is 3.10. The van der Waals surface area contributed by atoms with Crippen LogP contribution in [0, 0.1) is 15.9 Å². The minimum absolute atomic E-state index is 0.197. The van der Waals surface area contributed by atoms with Crippen molar-refractivity contribution in [1.82, 2.24) is 0 Å². The number of benzene rings is 1. The van der Waals surface area contributed by atoms with Crippen molar-refractivity contribution in [2.75, 3.05) is 5.73 Å². The summed E-state index contributed by atoms with van der Waals surface area (Å²) in [6.45, 7) is 1.23. The summed E-state index contributed by atoms with van der Waals surface area (Å²) in [6, 6.07) is 2.20. The van der Waals surface area contributed by atoms with Crippen LogP contribution in [0.2, 0.25) is 0 Å². The van der Waals surface area contributed by atoms with Crippen LogP contribution in [0.1, 0.15) is 12.5 Å². The van der Waals surface area contributed by atoms with Crippen LogP contribution in [0.25, 0.3) is 0 Å². The number of nitrogens with two attached hydrogens (primary N) is 1. The second-order valence-electron chi connectivity index (χ2n) is 3.10. The summed E-state index contributed by atoms with van der Waals surface area (Å²) < 4.78 is 13.4. The molecule has 0 aromatic heterocycles. The van der Waals surface area contributed by atoms with Crippen LogP contribution in [0.4, 0.5) is 15.8 Å². The number of halogens is 1. The van der Waals surface area contributed by atoms with Crippen molar-refractivity contribution in [3.05, 3.63) is 33.6 Å². The number of Topliss-reactive ketones (excluding diaryl/α,β-unsaturated/α-hetero) is 1. The first kappa shape index (κ1) is 11.1. The number of nitro benzene ring substituents is 1. The van der Waals surface area contributed by atoms with E-state index in [9.17, 15) is 19.3 Å². The Labute approximate surface area is 84.8 Å². The zero-order valence-corrected chi connectivity index (χ0v) is 7.99. The summed E-state index contributed by atoms with van der Waals surface area (Å²) >= 11 is 0. The molecule has 0 saturated heterocycles. The number of hydrogen-bond donors (Lipinski definition) is 1. The van der Waals surface area contributed by atoms with E-state index in [2.05, 4.69) is 0 Å². The maximum Gasteiger partial charge on any atom is 0.276 e. The molecular formula is C9H9FN2O3. The fourth-order valence-electron chi connectivity index (χ4n) is 1.22. The molecular weight excluding hydrogens is 203 g/mol. The Morgan fingerprint density at radius 2 is 2.20 bits per heavy atom. The minimum atomic E-state index is -0.889. The zero-order valence-electron chi connectivity index (χ0n) is 7.99. The molecule has 0 saturated carbocycles. The number of hydrogen-bond acceptors (Lipinski definition) is 4. The van der Waals surface area contributed by atoms with E-state index in [1.807, 2.05) is 0 Å². The van der Waals surface area contributed by atoms with Gasteiger partial charge in [0.15, 0.2) is 5.82 Å². The van der Waals surface area contributed by atoms with Gasteiger partial charge >= 0.3 is 0 Å². The molecule has 2 N–H and O–H groups in total. The highest BCUT2D eigenvalue weighted by Crippen LogP contribution is 2.26. The Kier molecular flexibility index (Phi) is 2.99. The van der Waals surface area contributed by atoms with Gasteiger partial charge in [-0.2, -0.15) is 0 Å². The molecule has 0 unspecified atom stereocenters. The first-order valence-corrected chi connectivity index (χ1v) is 4.14. The van der Waals surface area contributed by atoms with Crippen LogP contribution < -0.4 is 5.73 Å². The van der Waals surface area contributed by atoms with E-state index in [0.29, 0.717) is 0 Å². The molecule has 80 valence electrons. The van der Waals surface area contributed by atoms with Crippen molar-refractivity contribution in [2.24, 2.45) is 0 Å². The van der Waals surface area contributed by atoms with Gasteiger partial charge in [-0.05, 0) is 13.0 Å². The third-order valence-corrected chi connectivity index (χ3v) is 1.87. The van der Waals surface area contributed by atoms with Gasteiger partial charge in [0.25, 0.3) is 5.69 Å². The number of carbonyl (C=O) groups is 1. The smallest absolute Gasteiger partial charge is 0.276 e. The molecule has 0 aliphatic rings. The van der Waals surface area contributed by atoms with Crippen LogP contribution in [0.5, 0.6) is 0 Å². The Morgan fingerprint density at radius 3 is 2.67 bits per heavy atom. The Bertz CT molecular complexity index is 432. The lowest BCUT2D eigenvalue weighted by molar-refractivity contribution is -0.385. The number of ketones is 1. The molecule has 6 heteroatoms. The van der Waals surface area contributed by atoms with Crippen molar-refractivity contribution in [2.45, 2.75) is 13.3 Å². The monoisotopic (exact) mass is 212 g/mol. The molecule has 0 amide bonds. The fourth-order valence-corrected chi connectivity index (χ4v) is 1.22. The largest absolute Gasteiger partial charge is 0.396 e. The number of rotatable bonds is 3. The maximum absolute atomic E-state index is 13.4. The average Bonchev–Trinajstić information content (AvgIpc) is 2.12. The highest BCUT2D eigenvalue weighted by atomic mass is 19.1. The van der Waals surface area contributed by atoms with Gasteiger partial charge in [0, 0.05) is 12.5 Å². The highest BCUT2D eigenvalue weighted by molar-refractivity contribution is 5.80. The minimum Gasteiger partial charge on any atom is -0.396 e. The summed E-state index contributed by atoms with van der Waals surface area (Å²) in [5.74, 6) is -1.25. The van der Waals surface area contributed by atoms with Gasteiger partial charge in [-0.15, -0.1) is 0 Å². The fraction of sp³-hybridized carbons (Fsp3) is 0.222. The van der Waals surface area contributed by atoms with Gasteiger partial charge in [-0.25, -0.2) is 4.39 Å². The van der Waals surface area contributed by atoms with Crippen LogP contribution >= 0.6 is 0 Å². The van der Waals surface area contributed by atoms with Gasteiger partial charge in [0.1, 0.15) is 5.78 Å². The third kappa shape index (κ3) is 2.28. The maximum atomic E-state index is 13.4. The Hall–Kier alpha value is -1.98. The van der Waals surface area contributed by atoms with Crippen LogP contribution in [0.3, 0.4) is 0 Å². The van der Waals surface area contributed by atoms with Crippen LogP contribution in [-0.4, -0.2) is 10.7 Å². The standard InChI is InChI=1S/C9H9FN2O3/c1-5(13)4-6-8(12(14)15)3-2-7(11)9(6)10/h2-3H,4,11H2,1H3. The lowest BCUT2D eigenvalue weighted by atomic mass is 10.1. The van der Waals surface area contributed by atoms with Crippen molar-refractivity contribution in [3.8, 4) is 0 Å². The summed E-state index contributed by atoms with van der Waals surface area (Å²) in [5, 5.41) is 10.6. The summed E-state index contributed by atoms with van der Waals surface area (Å²) in [6.07, 6.45) is -0.326. The van der Waals surface area contributed by atoms with E-state index in [1.165, 1.54) is 6.92 Å². The molecule has 15 heavy (non-hydrogen) atoms. The number of nitrogens with zero attached hydrogens (tertiary/aromatic N) is 1. The first-order chi connectivity index (χ1) is 6.93. The molecule has 0 aliphatic heterocycles. The molecule has 0 fully saturated rings. The molecule has 5 nitrogen and oxygen atoms in total. The van der Waals surface area contributed by atoms with E-state index < -0.39 is 16.4 Å². The van der Waals surface area contributed by atoms with Gasteiger partial charge in [-0.1, -0.05) is 0 Å². The van der Waals surface area contributed by atoms with Crippen LogP contribution in [-0.2, 0) is 11.2 Å². The predicted octanol–water partition coefficient (Wildman–Crippen LogP) is 1.45. The third-order valence-electron chi connectivity index (χ3n) is 1.87. The van der Waals surface area contributed by atoms with Crippen molar-refractivity contribution >= 4 is 17.2 Å². The summed E-state index contributed by atoms with van der Waals surface area (Å²) in [7, 11) is 0. The summed E-state index contributed by atoms with van der Waals surface area (Å²) in [4.78, 5) is 20.6. The normalized spacial score (nSPS) is 10.0. The van der Waals surface area contributed by atoms with Gasteiger partial charge in [-0.3, -0.25) is 14.9 Å². The molecule has 0 spiro atoms. The second kappa shape index (κ2) is 4.04. The van der Waals surface area contributed by atoms with Gasteiger partial charge in [0.2, 0.25) is 0 Å². The van der Waals surface area contributed by atoms with Crippen LogP contribution in [0.15, 0.2) is 12.1 Å². The number of nitro groups is 1. The Balaban J connectivity index is 3.34. The lowest BCUT2D eigenvalue weighted by Crippen LogP contribution is -2.06. The van der Waals surface area contributed by atoms with Crippen molar-refractivity contribution in [3.63, 3.8) is 0 Å². The molecule has 0 bridgehead atoms. The molecule has 1 rings (SSSR count). The molecule has 0 atom stereocenters. The zero-order chi connectivity index (χ0) is 11.6.